The molecule has 1 aliphatic carbocycles. The van der Waals surface area contributed by atoms with E-state index in [0.29, 0.717) is 36.1 Å². The lowest BCUT2D eigenvalue weighted by Crippen LogP contribution is -2.47. The molecule has 1 atom stereocenters. The zero-order valence-corrected chi connectivity index (χ0v) is 17.7. The van der Waals surface area contributed by atoms with Gasteiger partial charge in [-0.25, -0.2) is 4.31 Å². The molecule has 0 radical (unpaired) electrons. The van der Waals surface area contributed by atoms with Crippen molar-refractivity contribution >= 4 is 40.7 Å². The van der Waals surface area contributed by atoms with Gasteiger partial charge in [0.05, 0.1) is 6.61 Å². The summed E-state index contributed by atoms with van der Waals surface area (Å²) in [6.45, 7) is 3.78. The van der Waals surface area contributed by atoms with E-state index >= 15 is 0 Å². The zero-order chi connectivity index (χ0) is 21.0. The number of carbonyl (C=O) groups excluding carboxylic acids is 1. The summed E-state index contributed by atoms with van der Waals surface area (Å²) in [6.07, 6.45) is 3.15. The highest BCUT2D eigenvalue weighted by Crippen LogP contribution is 2.45. The van der Waals surface area contributed by atoms with Gasteiger partial charge in [0.25, 0.3) is 5.91 Å². The van der Waals surface area contributed by atoms with Crippen LogP contribution in [0.2, 0.25) is 5.02 Å². The largest absolute Gasteiger partial charge is 0.760 e. The van der Waals surface area contributed by atoms with Crippen LogP contribution in [0.15, 0.2) is 35.7 Å². The number of benzene rings is 1. The molecule has 3 rings (SSSR count). The third-order valence-electron chi connectivity index (χ3n) is 5.12. The van der Waals surface area contributed by atoms with Crippen molar-refractivity contribution in [3.8, 4) is 0 Å². The second-order valence-electron chi connectivity index (χ2n) is 7.56. The minimum Gasteiger partial charge on any atom is -0.760 e. The molecule has 1 aromatic rings. The summed E-state index contributed by atoms with van der Waals surface area (Å²) in [5.41, 5.74) is 0.912. The molecule has 1 saturated carbocycles. The molecule has 1 saturated heterocycles. The average Bonchev–Trinajstić information content (AvgIpc) is 3.42. The Labute approximate surface area is 177 Å². The Kier molecular flexibility index (Phi) is 6.94. The molecule has 0 bridgehead atoms. The van der Waals surface area contributed by atoms with Gasteiger partial charge in [-0.2, -0.15) is 0 Å². The lowest BCUT2D eigenvalue weighted by Gasteiger charge is -2.37. The summed E-state index contributed by atoms with van der Waals surface area (Å²) in [5, 5.41) is 11.1. The third kappa shape index (κ3) is 5.79. The van der Waals surface area contributed by atoms with Crippen LogP contribution in [0.3, 0.4) is 0 Å². The summed E-state index contributed by atoms with van der Waals surface area (Å²) in [5.74, 6) is -0.408. The Morgan fingerprint density at radius 1 is 1.38 bits per heavy atom. The second-order valence-corrected chi connectivity index (χ2v) is 8.94. The fourth-order valence-corrected chi connectivity index (χ4v) is 3.64. The summed E-state index contributed by atoms with van der Waals surface area (Å²) in [4.78, 5) is 14.8. The van der Waals surface area contributed by atoms with Crippen molar-refractivity contribution in [3.05, 3.63) is 40.7 Å². The lowest BCUT2D eigenvalue weighted by molar-refractivity contribution is -0.116. The van der Waals surface area contributed by atoms with Crippen LogP contribution in [-0.2, 0) is 20.8 Å². The first-order chi connectivity index (χ1) is 13.8. The number of ether oxygens (including phenoxy) is 1. The van der Waals surface area contributed by atoms with Crippen molar-refractivity contribution in [2.45, 2.75) is 19.8 Å². The quantitative estimate of drug-likeness (QED) is 0.280. The van der Waals surface area contributed by atoms with E-state index in [1.165, 1.54) is 4.31 Å². The van der Waals surface area contributed by atoms with Crippen LogP contribution in [0, 0.1) is 10.8 Å². The maximum atomic E-state index is 13.0. The fourth-order valence-electron chi connectivity index (χ4n) is 2.99. The Morgan fingerprint density at radius 3 is 2.62 bits per heavy atom. The van der Waals surface area contributed by atoms with Crippen LogP contribution >= 0.6 is 11.6 Å². The van der Waals surface area contributed by atoms with Gasteiger partial charge in [0.15, 0.2) is 0 Å². The zero-order valence-electron chi connectivity index (χ0n) is 16.2. The van der Waals surface area contributed by atoms with E-state index < -0.39 is 17.2 Å². The second kappa shape index (κ2) is 9.25. The lowest BCUT2D eigenvalue weighted by atomic mass is 10.2. The SMILES string of the molecule is CC1(COC(C(=O)Nc2cccc(Cl)c2)=C(C=N)N2CCN(S(=O)[O-])CC2)CC1. The van der Waals surface area contributed by atoms with Crippen molar-refractivity contribution in [1.29, 1.82) is 5.41 Å². The fraction of sp³-hybridized carbons (Fsp3) is 0.474. The first-order valence-corrected chi connectivity index (χ1v) is 10.8. The van der Waals surface area contributed by atoms with E-state index in [0.717, 1.165) is 19.1 Å². The Hall–Kier alpha value is -1.94. The minimum absolute atomic E-state index is 0.0485. The van der Waals surface area contributed by atoms with Gasteiger partial charge < -0.3 is 24.9 Å². The number of nitrogens with zero attached hydrogens (tertiary/aromatic N) is 2. The number of allylic oxidation sites excluding steroid dienone is 1. The molecule has 0 aromatic heterocycles. The molecule has 2 aliphatic rings. The number of halogens is 1. The van der Waals surface area contributed by atoms with Gasteiger partial charge in [0, 0.05) is 59.8 Å². The molecule has 1 heterocycles. The average molecular weight is 440 g/mol. The molecule has 2 N–H and O–H groups in total. The van der Waals surface area contributed by atoms with Crippen LogP contribution in [0.25, 0.3) is 0 Å². The molecule has 158 valence electrons. The molecule has 8 nitrogen and oxygen atoms in total. The number of hydrogen-bond acceptors (Lipinski definition) is 6. The number of anilines is 1. The normalized spacial score (nSPS) is 20.4. The number of hydrogen-bond donors (Lipinski definition) is 2. The topological polar surface area (TPSA) is 109 Å². The standard InChI is InChI=1S/C19H25ClN4O4S/c1-19(5-6-19)13-28-17(18(25)22-15-4-2-3-14(20)11-15)16(12-21)23-7-9-24(10-8-23)29(26)27/h2-4,11-12,21H,5-10,13H2,1H3,(H,22,25)(H,26,27)/p-1. The number of amides is 1. The van der Waals surface area contributed by atoms with Gasteiger partial charge in [-0.3, -0.25) is 9.00 Å². The van der Waals surface area contributed by atoms with Crippen LogP contribution in [-0.4, -0.2) is 62.9 Å². The summed E-state index contributed by atoms with van der Waals surface area (Å²) >= 11 is 3.72. The Morgan fingerprint density at radius 2 is 2.07 bits per heavy atom. The van der Waals surface area contributed by atoms with E-state index in [1.54, 1.807) is 29.2 Å². The molecule has 10 heteroatoms. The number of carbonyl (C=O) groups is 1. The predicted molar refractivity (Wildman–Crippen MR) is 111 cm³/mol. The van der Waals surface area contributed by atoms with Gasteiger partial charge in [-0.05, 0) is 31.0 Å². The van der Waals surface area contributed by atoms with Crippen molar-refractivity contribution in [2.24, 2.45) is 5.41 Å². The Balaban J connectivity index is 1.82. The van der Waals surface area contributed by atoms with Gasteiger partial charge in [0.1, 0.15) is 5.70 Å². The molecular formula is C19H24ClN4O4S-. The monoisotopic (exact) mass is 439 g/mol. The van der Waals surface area contributed by atoms with Crippen LogP contribution in [0.5, 0.6) is 0 Å². The van der Waals surface area contributed by atoms with Crippen molar-refractivity contribution in [2.75, 3.05) is 38.1 Å². The van der Waals surface area contributed by atoms with E-state index in [4.69, 9.17) is 21.7 Å². The van der Waals surface area contributed by atoms with E-state index in [1.807, 2.05) is 0 Å². The predicted octanol–water partition coefficient (Wildman–Crippen LogP) is 2.37. The molecule has 1 unspecified atom stereocenters. The summed E-state index contributed by atoms with van der Waals surface area (Å²) in [6, 6.07) is 6.79. The number of nitrogens with one attached hydrogen (secondary N) is 2. The van der Waals surface area contributed by atoms with E-state index in [2.05, 4.69) is 12.2 Å². The summed E-state index contributed by atoms with van der Waals surface area (Å²) < 4.78 is 29.5. The molecule has 1 aliphatic heterocycles. The molecule has 29 heavy (non-hydrogen) atoms. The minimum atomic E-state index is -2.28. The first-order valence-electron chi connectivity index (χ1n) is 9.35. The van der Waals surface area contributed by atoms with Crippen molar-refractivity contribution in [1.82, 2.24) is 9.21 Å². The van der Waals surface area contributed by atoms with Gasteiger partial charge in [0.2, 0.25) is 5.76 Å². The smallest absolute Gasteiger partial charge is 0.293 e. The highest BCUT2D eigenvalue weighted by Gasteiger charge is 2.39. The van der Waals surface area contributed by atoms with Gasteiger partial charge >= 0.3 is 0 Å². The third-order valence-corrected chi connectivity index (χ3v) is 6.14. The van der Waals surface area contributed by atoms with Crippen LogP contribution in [0.4, 0.5) is 5.69 Å². The van der Waals surface area contributed by atoms with Crippen molar-refractivity contribution < 1.29 is 18.3 Å². The Bertz CT molecular complexity index is 835. The number of rotatable bonds is 8. The molecule has 2 fully saturated rings. The van der Waals surface area contributed by atoms with Gasteiger partial charge in [-0.15, -0.1) is 0 Å². The van der Waals surface area contributed by atoms with E-state index in [9.17, 15) is 13.6 Å². The van der Waals surface area contributed by atoms with E-state index in [-0.39, 0.29) is 24.3 Å². The number of piperazine rings is 1. The maximum absolute atomic E-state index is 13.0. The first kappa shape index (κ1) is 21.8. The molecule has 1 amide bonds. The summed E-state index contributed by atoms with van der Waals surface area (Å²) in [7, 11) is 0. The van der Waals surface area contributed by atoms with Crippen LogP contribution in [0.1, 0.15) is 19.8 Å². The van der Waals surface area contributed by atoms with Crippen LogP contribution < -0.4 is 5.32 Å². The van der Waals surface area contributed by atoms with Crippen molar-refractivity contribution in [3.63, 3.8) is 0 Å². The molecule has 1 aromatic carbocycles. The molecule has 0 spiro atoms. The highest BCUT2D eigenvalue weighted by molar-refractivity contribution is 7.76. The maximum Gasteiger partial charge on any atom is 0.293 e. The highest BCUT2D eigenvalue weighted by atomic mass is 35.5. The van der Waals surface area contributed by atoms with Gasteiger partial charge in [-0.1, -0.05) is 24.6 Å². The molecular weight excluding hydrogens is 416 g/mol.